The van der Waals surface area contributed by atoms with E-state index in [1.807, 2.05) is 31.4 Å². The van der Waals surface area contributed by atoms with E-state index in [1.54, 1.807) is 30.3 Å². The van der Waals surface area contributed by atoms with Crippen LogP contribution in [-0.4, -0.2) is 85.0 Å². The molecule has 134 valence electrons. The van der Waals surface area contributed by atoms with Crippen LogP contribution in [0.3, 0.4) is 0 Å². The first-order chi connectivity index (χ1) is 11.3. The molecule has 0 aliphatic carbocycles. The van der Waals surface area contributed by atoms with Gasteiger partial charge in [-0.1, -0.05) is 0 Å². The van der Waals surface area contributed by atoms with E-state index >= 15 is 0 Å². The van der Waals surface area contributed by atoms with Crippen LogP contribution in [0.4, 0.5) is 4.79 Å². The van der Waals surface area contributed by atoms with Crippen molar-refractivity contribution >= 4 is 23.3 Å². The van der Waals surface area contributed by atoms with Gasteiger partial charge < -0.3 is 15.1 Å². The maximum atomic E-state index is 12.7. The molecule has 0 saturated carbocycles. The van der Waals surface area contributed by atoms with Crippen molar-refractivity contribution in [3.8, 4) is 0 Å². The van der Waals surface area contributed by atoms with Crippen molar-refractivity contribution in [1.82, 2.24) is 25.0 Å². The zero-order valence-corrected chi connectivity index (χ0v) is 15.9. The number of thiazole rings is 1. The molecule has 2 atom stereocenters. The van der Waals surface area contributed by atoms with Gasteiger partial charge in [0.15, 0.2) is 0 Å². The van der Waals surface area contributed by atoms with Gasteiger partial charge in [0.1, 0.15) is 0 Å². The minimum absolute atomic E-state index is 0.0102. The molecule has 1 aliphatic heterocycles. The van der Waals surface area contributed by atoms with Crippen LogP contribution >= 0.6 is 11.3 Å². The highest BCUT2D eigenvalue weighted by Gasteiger charge is 2.36. The van der Waals surface area contributed by atoms with E-state index in [2.05, 4.69) is 10.3 Å². The lowest BCUT2D eigenvalue weighted by molar-refractivity contribution is -0.134. The third-order valence-electron chi connectivity index (χ3n) is 4.46. The van der Waals surface area contributed by atoms with Gasteiger partial charge in [-0.05, 0) is 20.4 Å². The number of aromatic nitrogens is 1. The summed E-state index contributed by atoms with van der Waals surface area (Å²) in [7, 11) is 7.21. The van der Waals surface area contributed by atoms with Crippen LogP contribution in [0.5, 0.6) is 0 Å². The van der Waals surface area contributed by atoms with Crippen LogP contribution in [-0.2, 0) is 11.2 Å². The first-order valence-electron chi connectivity index (χ1n) is 8.11. The summed E-state index contributed by atoms with van der Waals surface area (Å²) in [6.07, 6.45) is 1.48. The van der Waals surface area contributed by atoms with E-state index in [0.29, 0.717) is 19.5 Å². The number of likely N-dealkylation sites (tertiary alicyclic amines) is 1. The minimum atomic E-state index is -0.176. The molecule has 8 heteroatoms. The molecule has 2 rings (SSSR count). The lowest BCUT2D eigenvalue weighted by atomic mass is 10.1. The quantitative estimate of drug-likeness (QED) is 0.850. The predicted octanol–water partition coefficient (Wildman–Crippen LogP) is 0.796. The average Bonchev–Trinajstić information content (AvgIpc) is 3.09. The molecule has 0 unspecified atom stereocenters. The standard InChI is InChI=1S/C16H27N5O2S/c1-11-14(24-10-17-11)6-7-20(4)15(22)13-8-12(9-21(13)5)18-16(23)19(2)3/h10,12-13H,6-9H2,1-5H3,(H,18,23)/t12-,13-/m0/s1. The zero-order valence-electron chi connectivity index (χ0n) is 15.1. The molecule has 1 aromatic heterocycles. The number of amides is 3. The SMILES string of the molecule is Cc1ncsc1CCN(C)C(=O)[C@@H]1C[C@H](NC(=O)N(C)C)CN1C. The van der Waals surface area contributed by atoms with Crippen molar-refractivity contribution < 1.29 is 9.59 Å². The fraction of sp³-hybridized carbons (Fsp3) is 0.688. The first-order valence-corrected chi connectivity index (χ1v) is 8.99. The largest absolute Gasteiger partial charge is 0.344 e. The normalized spacial score (nSPS) is 20.9. The fourth-order valence-electron chi connectivity index (χ4n) is 2.90. The van der Waals surface area contributed by atoms with Crippen LogP contribution < -0.4 is 5.32 Å². The van der Waals surface area contributed by atoms with Crippen LogP contribution in [0.1, 0.15) is 17.0 Å². The second-order valence-electron chi connectivity index (χ2n) is 6.60. The van der Waals surface area contributed by atoms with Crippen LogP contribution in [0, 0.1) is 6.92 Å². The van der Waals surface area contributed by atoms with Gasteiger partial charge in [0.2, 0.25) is 5.91 Å². The molecular formula is C16H27N5O2S. The maximum absolute atomic E-state index is 12.7. The second-order valence-corrected chi connectivity index (χ2v) is 7.54. The average molecular weight is 353 g/mol. The Balaban J connectivity index is 1.87. The summed E-state index contributed by atoms with van der Waals surface area (Å²) in [6, 6.07) is -0.281. The topological polar surface area (TPSA) is 68.8 Å². The number of likely N-dealkylation sites (N-methyl/N-ethyl adjacent to an activating group) is 2. The summed E-state index contributed by atoms with van der Waals surface area (Å²) in [5, 5.41) is 2.96. The third-order valence-corrected chi connectivity index (χ3v) is 5.46. The Hall–Kier alpha value is -1.67. The maximum Gasteiger partial charge on any atom is 0.317 e. The Labute approximate surface area is 147 Å². The number of rotatable bonds is 5. The Morgan fingerprint density at radius 3 is 2.71 bits per heavy atom. The molecule has 0 spiro atoms. The van der Waals surface area contributed by atoms with Gasteiger partial charge in [-0.15, -0.1) is 11.3 Å². The van der Waals surface area contributed by atoms with Gasteiger partial charge in [-0.25, -0.2) is 9.78 Å². The smallest absolute Gasteiger partial charge is 0.317 e. The van der Waals surface area contributed by atoms with E-state index in [4.69, 9.17) is 0 Å². The monoisotopic (exact) mass is 353 g/mol. The molecule has 7 nitrogen and oxygen atoms in total. The van der Waals surface area contributed by atoms with Crippen LogP contribution in [0.15, 0.2) is 5.51 Å². The van der Waals surface area contributed by atoms with Gasteiger partial charge in [-0.3, -0.25) is 9.69 Å². The lowest BCUT2D eigenvalue weighted by Crippen LogP contribution is -2.43. The summed E-state index contributed by atoms with van der Waals surface area (Å²) in [5.74, 6) is 0.112. The number of nitrogens with zero attached hydrogens (tertiary/aromatic N) is 4. The summed E-state index contributed by atoms with van der Waals surface area (Å²) in [4.78, 5) is 35.3. The van der Waals surface area contributed by atoms with E-state index in [0.717, 1.165) is 12.1 Å². The molecule has 2 heterocycles. The predicted molar refractivity (Wildman–Crippen MR) is 95.2 cm³/mol. The molecule has 0 radical (unpaired) electrons. The molecule has 0 bridgehead atoms. The molecule has 1 saturated heterocycles. The molecule has 1 N–H and O–H groups in total. The highest BCUT2D eigenvalue weighted by atomic mass is 32.1. The Kier molecular flexibility index (Phi) is 6.17. The second kappa shape index (κ2) is 7.94. The van der Waals surface area contributed by atoms with Crippen LogP contribution in [0.25, 0.3) is 0 Å². The molecule has 1 aliphatic rings. The van der Waals surface area contributed by atoms with E-state index in [1.165, 1.54) is 9.78 Å². The van der Waals surface area contributed by atoms with Gasteiger partial charge in [-0.2, -0.15) is 0 Å². The van der Waals surface area contributed by atoms with Gasteiger partial charge >= 0.3 is 6.03 Å². The van der Waals surface area contributed by atoms with E-state index in [-0.39, 0.29) is 24.0 Å². The summed E-state index contributed by atoms with van der Waals surface area (Å²) in [6.45, 7) is 3.37. The number of carbonyl (C=O) groups excluding carboxylic acids is 2. The number of carbonyl (C=O) groups is 2. The number of hydrogen-bond acceptors (Lipinski definition) is 5. The summed E-state index contributed by atoms with van der Waals surface area (Å²) in [5.41, 5.74) is 2.89. The van der Waals surface area contributed by atoms with Crippen molar-refractivity contribution in [2.45, 2.75) is 31.8 Å². The molecule has 1 fully saturated rings. The van der Waals surface area contributed by atoms with E-state index in [9.17, 15) is 9.59 Å². The molecule has 1 aromatic rings. The summed E-state index contributed by atoms with van der Waals surface area (Å²) < 4.78 is 0. The zero-order chi connectivity index (χ0) is 17.9. The Bertz CT molecular complexity index is 589. The number of hydrogen-bond donors (Lipinski definition) is 1. The number of aryl methyl sites for hydroxylation is 1. The van der Waals surface area contributed by atoms with Crippen molar-refractivity contribution in [2.75, 3.05) is 41.3 Å². The van der Waals surface area contributed by atoms with Gasteiger partial charge in [0.25, 0.3) is 0 Å². The molecule has 0 aromatic carbocycles. The molecule has 24 heavy (non-hydrogen) atoms. The van der Waals surface area contributed by atoms with E-state index < -0.39 is 0 Å². The third kappa shape index (κ3) is 4.45. The first kappa shape index (κ1) is 18.7. The van der Waals surface area contributed by atoms with Crippen molar-refractivity contribution in [2.24, 2.45) is 0 Å². The van der Waals surface area contributed by atoms with Crippen molar-refractivity contribution in [3.63, 3.8) is 0 Å². The highest BCUT2D eigenvalue weighted by molar-refractivity contribution is 7.09. The molecule has 3 amide bonds. The van der Waals surface area contributed by atoms with Crippen molar-refractivity contribution in [1.29, 1.82) is 0 Å². The Morgan fingerprint density at radius 1 is 1.42 bits per heavy atom. The summed E-state index contributed by atoms with van der Waals surface area (Å²) >= 11 is 1.63. The van der Waals surface area contributed by atoms with Gasteiger partial charge in [0.05, 0.1) is 17.2 Å². The molecular weight excluding hydrogens is 326 g/mol. The fourth-order valence-corrected chi connectivity index (χ4v) is 3.67. The van der Waals surface area contributed by atoms with Crippen LogP contribution in [0.2, 0.25) is 0 Å². The number of nitrogens with one attached hydrogen (secondary N) is 1. The Morgan fingerprint density at radius 2 is 2.12 bits per heavy atom. The number of urea groups is 1. The lowest BCUT2D eigenvalue weighted by Gasteiger charge is -2.24. The van der Waals surface area contributed by atoms with Crippen molar-refractivity contribution in [3.05, 3.63) is 16.1 Å². The van der Waals surface area contributed by atoms with Gasteiger partial charge in [0, 0.05) is 51.6 Å². The highest BCUT2D eigenvalue weighted by Crippen LogP contribution is 2.19. The minimum Gasteiger partial charge on any atom is -0.344 e.